The molecule has 0 aliphatic carbocycles. The lowest BCUT2D eigenvalue weighted by Crippen LogP contribution is -2.08. The third kappa shape index (κ3) is 2.78. The summed E-state index contributed by atoms with van der Waals surface area (Å²) in [5, 5.41) is 10.2. The zero-order valence-corrected chi connectivity index (χ0v) is 13.8. The van der Waals surface area contributed by atoms with Gasteiger partial charge in [0.15, 0.2) is 5.16 Å². The maximum Gasteiger partial charge on any atom is 0.260 e. The van der Waals surface area contributed by atoms with Crippen LogP contribution in [0.25, 0.3) is 10.2 Å². The van der Waals surface area contributed by atoms with Gasteiger partial charge in [-0.15, -0.1) is 11.3 Å². The highest BCUT2D eigenvalue weighted by Gasteiger charge is 2.12. The van der Waals surface area contributed by atoms with Crippen molar-refractivity contribution < 1.29 is 0 Å². The van der Waals surface area contributed by atoms with Crippen molar-refractivity contribution >= 4 is 33.3 Å². The van der Waals surface area contributed by atoms with Crippen LogP contribution in [-0.2, 0) is 5.75 Å². The van der Waals surface area contributed by atoms with Crippen molar-refractivity contribution in [2.45, 2.75) is 24.8 Å². The quantitative estimate of drug-likeness (QED) is 0.587. The van der Waals surface area contributed by atoms with Crippen LogP contribution >= 0.6 is 23.1 Å². The Morgan fingerprint density at radius 2 is 2.23 bits per heavy atom. The van der Waals surface area contributed by atoms with E-state index in [0.717, 1.165) is 20.8 Å². The Hall–Kier alpha value is -2.10. The Kier molecular flexibility index (Phi) is 4.01. The largest absolute Gasteiger partial charge is 0.301 e. The van der Waals surface area contributed by atoms with Crippen LogP contribution < -0.4 is 5.56 Å². The van der Waals surface area contributed by atoms with Gasteiger partial charge < -0.3 is 4.98 Å². The van der Waals surface area contributed by atoms with Gasteiger partial charge in [0, 0.05) is 10.6 Å². The number of thiophene rings is 1. The third-order valence-corrected chi connectivity index (χ3v) is 5.49. The first-order chi connectivity index (χ1) is 10.6. The number of nitrogens with one attached hydrogen (secondary N) is 1. The molecule has 3 aromatic rings. The summed E-state index contributed by atoms with van der Waals surface area (Å²) in [6, 6.07) is 9.58. The zero-order valence-electron chi connectivity index (χ0n) is 12.1. The number of nitrogens with zero attached hydrogens (tertiary/aromatic N) is 2. The van der Waals surface area contributed by atoms with E-state index in [9.17, 15) is 4.79 Å². The van der Waals surface area contributed by atoms with Crippen LogP contribution in [0.3, 0.4) is 0 Å². The lowest BCUT2D eigenvalue weighted by molar-refractivity contribution is 0.978. The third-order valence-electron chi connectivity index (χ3n) is 3.45. The van der Waals surface area contributed by atoms with E-state index in [1.165, 1.54) is 11.8 Å². The van der Waals surface area contributed by atoms with Gasteiger partial charge in [-0.25, -0.2) is 4.98 Å². The molecule has 0 aliphatic rings. The summed E-state index contributed by atoms with van der Waals surface area (Å²) in [6.45, 7) is 3.95. The van der Waals surface area contributed by atoms with E-state index < -0.39 is 0 Å². The molecular weight excluding hydrogens is 314 g/mol. The van der Waals surface area contributed by atoms with E-state index in [1.54, 1.807) is 17.4 Å². The summed E-state index contributed by atoms with van der Waals surface area (Å²) in [5.74, 6) is 0.660. The Morgan fingerprint density at radius 1 is 1.41 bits per heavy atom. The second-order valence-electron chi connectivity index (χ2n) is 4.94. The molecule has 0 radical (unpaired) electrons. The number of benzene rings is 1. The van der Waals surface area contributed by atoms with Crippen molar-refractivity contribution in [3.05, 3.63) is 56.2 Å². The normalized spacial score (nSPS) is 10.8. The number of aryl methyl sites for hydroxylation is 2. The van der Waals surface area contributed by atoms with Gasteiger partial charge in [-0.2, -0.15) is 5.26 Å². The first-order valence-corrected chi connectivity index (χ1v) is 8.50. The van der Waals surface area contributed by atoms with Crippen LogP contribution in [0.5, 0.6) is 0 Å². The van der Waals surface area contributed by atoms with Gasteiger partial charge in [-0.1, -0.05) is 23.9 Å². The number of nitriles is 1. The summed E-state index contributed by atoms with van der Waals surface area (Å²) >= 11 is 3.01. The predicted octanol–water partition coefficient (Wildman–Crippen LogP) is 3.77. The first-order valence-electron chi connectivity index (χ1n) is 6.70. The van der Waals surface area contributed by atoms with Gasteiger partial charge in [0.1, 0.15) is 4.83 Å². The number of aromatic amines is 1. The minimum atomic E-state index is -0.0832. The van der Waals surface area contributed by atoms with E-state index >= 15 is 0 Å². The van der Waals surface area contributed by atoms with Gasteiger partial charge >= 0.3 is 0 Å². The Bertz CT molecular complexity index is 950. The van der Waals surface area contributed by atoms with E-state index in [2.05, 4.69) is 16.0 Å². The summed E-state index contributed by atoms with van der Waals surface area (Å²) in [4.78, 5) is 21.5. The van der Waals surface area contributed by atoms with Crippen LogP contribution in [0.4, 0.5) is 0 Å². The number of H-pyrrole nitrogens is 1. The fraction of sp³-hybridized carbons (Fsp3) is 0.188. The minimum Gasteiger partial charge on any atom is -0.301 e. The summed E-state index contributed by atoms with van der Waals surface area (Å²) in [5.41, 5.74) is 2.59. The van der Waals surface area contributed by atoms with Crippen LogP contribution in [0.1, 0.15) is 21.6 Å². The summed E-state index contributed by atoms with van der Waals surface area (Å²) in [7, 11) is 0. The lowest BCUT2D eigenvalue weighted by Gasteiger charge is -2.02. The number of thioether (sulfide) groups is 1. The van der Waals surface area contributed by atoms with Gasteiger partial charge in [0.25, 0.3) is 5.56 Å². The molecule has 0 atom stereocenters. The average Bonchev–Trinajstić information content (AvgIpc) is 2.80. The maximum absolute atomic E-state index is 12.2. The van der Waals surface area contributed by atoms with Crippen molar-refractivity contribution in [2.24, 2.45) is 0 Å². The molecule has 0 amide bonds. The Labute approximate surface area is 135 Å². The highest BCUT2D eigenvalue weighted by Crippen LogP contribution is 2.28. The molecule has 0 bridgehead atoms. The van der Waals surface area contributed by atoms with Crippen LogP contribution in [0, 0.1) is 25.2 Å². The molecule has 4 nitrogen and oxygen atoms in total. The molecule has 2 heterocycles. The molecule has 0 unspecified atom stereocenters. The second-order valence-corrected chi connectivity index (χ2v) is 7.10. The second kappa shape index (κ2) is 5.95. The minimum absolute atomic E-state index is 0.0832. The van der Waals surface area contributed by atoms with Crippen LogP contribution in [-0.4, -0.2) is 9.97 Å². The maximum atomic E-state index is 12.2. The molecule has 0 saturated carbocycles. The van der Waals surface area contributed by atoms with Crippen molar-refractivity contribution in [2.75, 3.05) is 0 Å². The SMILES string of the molecule is Cc1sc2nc(SCc3cccc(C#N)c3)[nH]c(=O)c2c1C. The van der Waals surface area contributed by atoms with E-state index in [-0.39, 0.29) is 5.56 Å². The number of hydrogen-bond acceptors (Lipinski definition) is 5. The lowest BCUT2D eigenvalue weighted by atomic mass is 10.2. The molecule has 1 N–H and O–H groups in total. The van der Waals surface area contributed by atoms with Crippen LogP contribution in [0.2, 0.25) is 0 Å². The summed E-state index contributed by atoms with van der Waals surface area (Å²) in [6.07, 6.45) is 0. The molecule has 0 spiro atoms. The standard InChI is InChI=1S/C16H13N3OS2/c1-9-10(2)22-15-13(9)14(20)18-16(19-15)21-8-12-5-3-4-11(6-12)7-17/h3-6H,8H2,1-2H3,(H,18,19,20). The van der Waals surface area contributed by atoms with Gasteiger partial charge in [-0.3, -0.25) is 4.79 Å². The molecule has 6 heteroatoms. The van der Waals surface area contributed by atoms with Crippen molar-refractivity contribution in [3.8, 4) is 6.07 Å². The predicted molar refractivity (Wildman–Crippen MR) is 90.4 cm³/mol. The molecular formula is C16H13N3OS2. The number of fused-ring (bicyclic) bond motifs is 1. The van der Waals surface area contributed by atoms with E-state index in [1.807, 2.05) is 32.0 Å². The topological polar surface area (TPSA) is 69.5 Å². The van der Waals surface area contributed by atoms with Crippen molar-refractivity contribution in [1.29, 1.82) is 5.26 Å². The van der Waals surface area contributed by atoms with Crippen molar-refractivity contribution in [1.82, 2.24) is 9.97 Å². The highest BCUT2D eigenvalue weighted by molar-refractivity contribution is 7.98. The summed E-state index contributed by atoms with van der Waals surface area (Å²) < 4.78 is 0. The van der Waals surface area contributed by atoms with Gasteiger partial charge in [0.2, 0.25) is 0 Å². The van der Waals surface area contributed by atoms with E-state index in [0.29, 0.717) is 21.9 Å². The molecule has 110 valence electrons. The van der Waals surface area contributed by atoms with Gasteiger partial charge in [0.05, 0.1) is 17.0 Å². The highest BCUT2D eigenvalue weighted by atomic mass is 32.2. The molecule has 22 heavy (non-hydrogen) atoms. The number of rotatable bonds is 3. The molecule has 0 aliphatic heterocycles. The molecule has 3 rings (SSSR count). The van der Waals surface area contributed by atoms with Gasteiger partial charge in [-0.05, 0) is 37.1 Å². The molecule has 0 fully saturated rings. The van der Waals surface area contributed by atoms with Crippen LogP contribution in [0.15, 0.2) is 34.2 Å². The molecule has 1 aromatic carbocycles. The Balaban J connectivity index is 1.88. The number of hydrogen-bond donors (Lipinski definition) is 1. The Morgan fingerprint density at radius 3 is 3.00 bits per heavy atom. The zero-order chi connectivity index (χ0) is 15.7. The molecule has 2 aromatic heterocycles. The molecule has 0 saturated heterocycles. The van der Waals surface area contributed by atoms with E-state index in [4.69, 9.17) is 5.26 Å². The number of aromatic nitrogens is 2. The smallest absolute Gasteiger partial charge is 0.260 e. The first kappa shape index (κ1) is 14.8. The fourth-order valence-electron chi connectivity index (χ4n) is 2.19. The monoisotopic (exact) mass is 327 g/mol. The van der Waals surface area contributed by atoms with Crippen molar-refractivity contribution in [3.63, 3.8) is 0 Å². The average molecular weight is 327 g/mol. The fourth-order valence-corrected chi connectivity index (χ4v) is 4.08.